The molecule has 3 heteroatoms. The SMILES string of the molecule is CCCCCCC[C@@H](Cl)[C@@H](O)CO. The van der Waals surface area contributed by atoms with Crippen molar-refractivity contribution in [2.45, 2.75) is 56.9 Å². The summed E-state index contributed by atoms with van der Waals surface area (Å²) < 4.78 is 0. The van der Waals surface area contributed by atoms with Crippen LogP contribution in [0.25, 0.3) is 0 Å². The second kappa shape index (κ2) is 8.79. The van der Waals surface area contributed by atoms with Gasteiger partial charge in [0.1, 0.15) is 0 Å². The van der Waals surface area contributed by atoms with Crippen LogP contribution in [0, 0.1) is 0 Å². The smallest absolute Gasteiger partial charge is 0.0933 e. The fourth-order valence-corrected chi connectivity index (χ4v) is 1.48. The molecule has 0 bridgehead atoms. The summed E-state index contributed by atoms with van der Waals surface area (Å²) in [5.74, 6) is 0. The Morgan fingerprint density at radius 3 is 2.31 bits per heavy atom. The minimum atomic E-state index is -0.757. The minimum Gasteiger partial charge on any atom is -0.394 e. The van der Waals surface area contributed by atoms with Gasteiger partial charge in [-0.05, 0) is 6.42 Å². The molecule has 0 aliphatic heterocycles. The van der Waals surface area contributed by atoms with E-state index < -0.39 is 6.10 Å². The number of hydrogen-bond donors (Lipinski definition) is 2. The molecule has 0 radical (unpaired) electrons. The number of unbranched alkanes of at least 4 members (excludes halogenated alkanes) is 4. The Kier molecular flexibility index (Phi) is 8.93. The molecule has 2 atom stereocenters. The predicted molar refractivity (Wildman–Crippen MR) is 56.1 cm³/mol. The van der Waals surface area contributed by atoms with Crippen molar-refractivity contribution < 1.29 is 10.2 Å². The van der Waals surface area contributed by atoms with E-state index in [-0.39, 0.29) is 12.0 Å². The van der Waals surface area contributed by atoms with Crippen LogP contribution in [0.4, 0.5) is 0 Å². The van der Waals surface area contributed by atoms with Gasteiger partial charge in [-0.25, -0.2) is 0 Å². The lowest BCUT2D eigenvalue weighted by Gasteiger charge is -2.13. The van der Waals surface area contributed by atoms with Gasteiger partial charge in [0.2, 0.25) is 0 Å². The lowest BCUT2D eigenvalue weighted by molar-refractivity contribution is 0.0890. The Hall–Kier alpha value is 0.210. The number of aliphatic hydroxyl groups excluding tert-OH is 2. The molecular formula is C10H21ClO2. The molecular weight excluding hydrogens is 188 g/mol. The summed E-state index contributed by atoms with van der Waals surface area (Å²) in [5.41, 5.74) is 0. The molecule has 0 rings (SSSR count). The van der Waals surface area contributed by atoms with E-state index in [1.165, 1.54) is 25.7 Å². The highest BCUT2D eigenvalue weighted by Gasteiger charge is 2.14. The van der Waals surface area contributed by atoms with Crippen LogP contribution >= 0.6 is 11.6 Å². The van der Waals surface area contributed by atoms with Crippen molar-refractivity contribution >= 4 is 11.6 Å². The van der Waals surface area contributed by atoms with Gasteiger partial charge in [0, 0.05) is 0 Å². The summed E-state index contributed by atoms with van der Waals surface area (Å²) in [4.78, 5) is 0. The molecule has 0 aromatic carbocycles. The summed E-state index contributed by atoms with van der Waals surface area (Å²) in [6, 6.07) is 0. The summed E-state index contributed by atoms with van der Waals surface area (Å²) in [6.07, 6.45) is 6.02. The van der Waals surface area contributed by atoms with E-state index in [2.05, 4.69) is 6.92 Å². The average molecular weight is 209 g/mol. The quantitative estimate of drug-likeness (QED) is 0.475. The van der Waals surface area contributed by atoms with E-state index in [0.717, 1.165) is 12.8 Å². The summed E-state index contributed by atoms with van der Waals surface area (Å²) >= 11 is 5.83. The molecule has 2 nitrogen and oxygen atoms in total. The highest BCUT2D eigenvalue weighted by atomic mass is 35.5. The highest BCUT2D eigenvalue weighted by Crippen LogP contribution is 2.13. The zero-order valence-electron chi connectivity index (χ0n) is 8.38. The second-order valence-corrected chi connectivity index (χ2v) is 4.03. The van der Waals surface area contributed by atoms with Gasteiger partial charge in [0.15, 0.2) is 0 Å². The molecule has 0 amide bonds. The molecule has 0 unspecified atom stereocenters. The predicted octanol–water partition coefficient (Wildman–Crippen LogP) is 2.31. The average Bonchev–Trinajstić information content (AvgIpc) is 2.16. The van der Waals surface area contributed by atoms with E-state index >= 15 is 0 Å². The monoisotopic (exact) mass is 208 g/mol. The van der Waals surface area contributed by atoms with Crippen molar-refractivity contribution in [2.24, 2.45) is 0 Å². The van der Waals surface area contributed by atoms with Crippen molar-refractivity contribution in [1.82, 2.24) is 0 Å². The van der Waals surface area contributed by atoms with Crippen LogP contribution in [0.15, 0.2) is 0 Å². The summed E-state index contributed by atoms with van der Waals surface area (Å²) in [7, 11) is 0. The molecule has 0 saturated carbocycles. The van der Waals surface area contributed by atoms with Gasteiger partial charge in [-0.1, -0.05) is 39.0 Å². The van der Waals surface area contributed by atoms with Crippen molar-refractivity contribution in [1.29, 1.82) is 0 Å². The van der Waals surface area contributed by atoms with Crippen LogP contribution in [-0.4, -0.2) is 28.3 Å². The van der Waals surface area contributed by atoms with E-state index in [4.69, 9.17) is 21.8 Å². The van der Waals surface area contributed by atoms with Crippen LogP contribution in [0.1, 0.15) is 45.4 Å². The molecule has 13 heavy (non-hydrogen) atoms. The first-order valence-corrected chi connectivity index (χ1v) is 5.59. The first kappa shape index (κ1) is 13.2. The van der Waals surface area contributed by atoms with E-state index in [1.54, 1.807) is 0 Å². The Morgan fingerprint density at radius 2 is 1.77 bits per heavy atom. The third kappa shape index (κ3) is 7.29. The van der Waals surface area contributed by atoms with Crippen LogP contribution in [0.2, 0.25) is 0 Å². The van der Waals surface area contributed by atoms with Gasteiger partial charge in [-0.15, -0.1) is 11.6 Å². The molecule has 2 N–H and O–H groups in total. The van der Waals surface area contributed by atoms with Crippen molar-refractivity contribution in [3.63, 3.8) is 0 Å². The molecule has 0 aromatic rings. The molecule has 0 aliphatic rings. The largest absolute Gasteiger partial charge is 0.394 e. The van der Waals surface area contributed by atoms with Crippen LogP contribution in [0.3, 0.4) is 0 Å². The number of aliphatic hydroxyl groups is 2. The van der Waals surface area contributed by atoms with Crippen molar-refractivity contribution in [3.05, 3.63) is 0 Å². The van der Waals surface area contributed by atoms with E-state index in [9.17, 15) is 0 Å². The first-order valence-electron chi connectivity index (χ1n) is 5.15. The first-order chi connectivity index (χ1) is 6.22. The van der Waals surface area contributed by atoms with Gasteiger partial charge < -0.3 is 10.2 Å². The fourth-order valence-electron chi connectivity index (χ4n) is 1.25. The Balaban J connectivity index is 3.21. The summed E-state index contributed by atoms with van der Waals surface area (Å²) in [6.45, 7) is 1.95. The number of halogens is 1. The number of alkyl halides is 1. The zero-order chi connectivity index (χ0) is 10.1. The molecule has 0 fully saturated rings. The lowest BCUT2D eigenvalue weighted by atomic mass is 10.1. The maximum absolute atomic E-state index is 9.15. The maximum atomic E-state index is 9.15. The van der Waals surface area contributed by atoms with Gasteiger partial charge in [0.25, 0.3) is 0 Å². The van der Waals surface area contributed by atoms with Gasteiger partial charge >= 0.3 is 0 Å². The third-order valence-corrected chi connectivity index (χ3v) is 2.70. The van der Waals surface area contributed by atoms with Gasteiger partial charge in [-0.2, -0.15) is 0 Å². The minimum absolute atomic E-state index is 0.233. The third-order valence-electron chi connectivity index (χ3n) is 2.19. The number of hydrogen-bond acceptors (Lipinski definition) is 2. The van der Waals surface area contributed by atoms with Crippen LogP contribution in [0.5, 0.6) is 0 Å². The Bertz CT molecular complexity index is 109. The van der Waals surface area contributed by atoms with Crippen molar-refractivity contribution in [2.75, 3.05) is 6.61 Å². The normalized spacial score (nSPS) is 15.7. The van der Waals surface area contributed by atoms with Crippen molar-refractivity contribution in [3.8, 4) is 0 Å². The standard InChI is InChI=1S/C10H21ClO2/c1-2-3-4-5-6-7-9(11)10(13)8-12/h9-10,12-13H,2-8H2,1H3/t9-,10+/m1/s1. The molecule has 0 aliphatic carbocycles. The summed E-state index contributed by atoms with van der Waals surface area (Å²) in [5, 5.41) is 17.5. The van der Waals surface area contributed by atoms with Crippen LogP contribution < -0.4 is 0 Å². The molecule has 0 spiro atoms. The lowest BCUT2D eigenvalue weighted by Crippen LogP contribution is -2.24. The molecule has 0 saturated heterocycles. The van der Waals surface area contributed by atoms with E-state index in [0.29, 0.717) is 0 Å². The highest BCUT2D eigenvalue weighted by molar-refractivity contribution is 6.21. The maximum Gasteiger partial charge on any atom is 0.0933 e. The fraction of sp³-hybridized carbons (Fsp3) is 1.00. The Labute approximate surface area is 85.9 Å². The van der Waals surface area contributed by atoms with Gasteiger partial charge in [-0.3, -0.25) is 0 Å². The molecule has 0 heterocycles. The van der Waals surface area contributed by atoms with Gasteiger partial charge in [0.05, 0.1) is 18.1 Å². The topological polar surface area (TPSA) is 40.5 Å². The number of rotatable bonds is 8. The van der Waals surface area contributed by atoms with E-state index in [1.807, 2.05) is 0 Å². The zero-order valence-corrected chi connectivity index (χ0v) is 9.13. The Morgan fingerprint density at radius 1 is 1.15 bits per heavy atom. The van der Waals surface area contributed by atoms with Crippen LogP contribution in [-0.2, 0) is 0 Å². The molecule has 80 valence electrons. The second-order valence-electron chi connectivity index (χ2n) is 3.47. The molecule has 0 aromatic heterocycles.